The number of ether oxygens (including phenoxy) is 3. The fourth-order valence-corrected chi connectivity index (χ4v) is 2.94. The van der Waals surface area contributed by atoms with Crippen molar-refractivity contribution in [1.82, 2.24) is 5.48 Å². The summed E-state index contributed by atoms with van der Waals surface area (Å²) in [6.07, 6.45) is 0.477. The van der Waals surface area contributed by atoms with E-state index in [-0.39, 0.29) is 5.75 Å². The minimum atomic E-state index is -4.40. The number of hydrogen-bond acceptors (Lipinski definition) is 5. The number of hydrogen-bond donors (Lipinski definition) is 1. The van der Waals surface area contributed by atoms with Gasteiger partial charge in [-0.3, -0.25) is 10.3 Å². The van der Waals surface area contributed by atoms with E-state index in [1.165, 1.54) is 6.07 Å². The van der Waals surface area contributed by atoms with Crippen LogP contribution in [0.2, 0.25) is 0 Å². The zero-order valence-electron chi connectivity index (χ0n) is 14.1. The van der Waals surface area contributed by atoms with Gasteiger partial charge < -0.3 is 14.2 Å². The maximum Gasteiger partial charge on any atom is 0.422 e. The fourth-order valence-electron chi connectivity index (χ4n) is 2.94. The van der Waals surface area contributed by atoms with E-state index in [4.69, 9.17) is 19.0 Å². The molecule has 1 aromatic rings. The third-order valence-electron chi connectivity index (χ3n) is 4.61. The average Bonchev–Trinajstić information content (AvgIpc) is 3.17. The Labute approximate surface area is 149 Å². The van der Waals surface area contributed by atoms with Gasteiger partial charge in [0.2, 0.25) is 0 Å². The highest BCUT2D eigenvalue weighted by molar-refractivity contribution is 5.68. The molecule has 1 saturated carbocycles. The molecule has 1 aromatic carbocycles. The number of rotatable bonds is 6. The van der Waals surface area contributed by atoms with E-state index in [9.17, 15) is 13.2 Å². The second kappa shape index (κ2) is 6.66. The van der Waals surface area contributed by atoms with E-state index >= 15 is 0 Å². The Morgan fingerprint density at radius 1 is 1.19 bits per heavy atom. The maximum atomic E-state index is 12.5. The summed E-state index contributed by atoms with van der Waals surface area (Å²) in [5.74, 6) is 0.871. The molecule has 1 unspecified atom stereocenters. The Morgan fingerprint density at radius 3 is 2.73 bits per heavy atom. The molecule has 0 amide bonds. The maximum absolute atomic E-state index is 12.5. The van der Waals surface area contributed by atoms with Gasteiger partial charge in [-0.15, -0.1) is 0 Å². The highest BCUT2D eigenvalue weighted by atomic mass is 19.4. The Morgan fingerprint density at radius 2 is 2.04 bits per heavy atom. The van der Waals surface area contributed by atoms with Crippen LogP contribution < -0.4 is 15.0 Å². The standard InChI is InChI=1S/C18H20F3NO4/c19-18(20,21)11-25-15-4-3-13(7-16(15)24-9-12-1-2-12)14-8-17(26-22-14)5-6-23-10-17/h3-4,7-8,12,22H,1-2,5-6,9-11H2. The van der Waals surface area contributed by atoms with Crippen molar-refractivity contribution in [3.8, 4) is 11.5 Å². The third-order valence-corrected chi connectivity index (χ3v) is 4.61. The first-order valence-electron chi connectivity index (χ1n) is 8.64. The molecule has 1 saturated heterocycles. The minimum Gasteiger partial charge on any atom is -0.489 e. The number of halogens is 3. The molecule has 1 aliphatic carbocycles. The van der Waals surface area contributed by atoms with E-state index in [2.05, 4.69) is 5.48 Å². The lowest BCUT2D eigenvalue weighted by atomic mass is 10.0. The summed E-state index contributed by atoms with van der Waals surface area (Å²) in [5.41, 5.74) is 3.92. The largest absolute Gasteiger partial charge is 0.489 e. The second-order valence-electron chi connectivity index (χ2n) is 6.95. The molecule has 4 rings (SSSR count). The Balaban J connectivity index is 1.54. The van der Waals surface area contributed by atoms with Gasteiger partial charge in [0.25, 0.3) is 0 Å². The summed E-state index contributed by atoms with van der Waals surface area (Å²) in [6.45, 7) is 0.232. The van der Waals surface area contributed by atoms with Gasteiger partial charge in [-0.25, -0.2) is 0 Å². The molecule has 3 aliphatic rings. The predicted octanol–water partition coefficient (Wildman–Crippen LogP) is 3.45. The van der Waals surface area contributed by atoms with Crippen molar-refractivity contribution in [2.24, 2.45) is 5.92 Å². The molecule has 2 heterocycles. The molecule has 5 nitrogen and oxygen atoms in total. The molecule has 26 heavy (non-hydrogen) atoms. The highest BCUT2D eigenvalue weighted by Gasteiger charge is 2.39. The molecule has 0 radical (unpaired) electrons. The van der Waals surface area contributed by atoms with Crippen molar-refractivity contribution >= 4 is 5.70 Å². The van der Waals surface area contributed by atoms with Crippen LogP contribution in [0.5, 0.6) is 11.5 Å². The van der Waals surface area contributed by atoms with Gasteiger partial charge in [-0.05, 0) is 43.0 Å². The number of alkyl halides is 3. The van der Waals surface area contributed by atoms with Gasteiger partial charge in [0.15, 0.2) is 18.1 Å². The lowest BCUT2D eigenvalue weighted by Crippen LogP contribution is -2.29. The third kappa shape index (κ3) is 4.07. The van der Waals surface area contributed by atoms with E-state index < -0.39 is 18.4 Å². The van der Waals surface area contributed by atoms with Crippen LogP contribution in [0.15, 0.2) is 24.3 Å². The molecule has 0 bridgehead atoms. The number of hydroxylamine groups is 1. The Kier molecular flexibility index (Phi) is 4.48. The quantitative estimate of drug-likeness (QED) is 0.830. The lowest BCUT2D eigenvalue weighted by molar-refractivity contribution is -0.153. The molecule has 1 N–H and O–H groups in total. The topological polar surface area (TPSA) is 49.0 Å². The van der Waals surface area contributed by atoms with E-state index in [0.29, 0.717) is 31.5 Å². The molecule has 142 valence electrons. The van der Waals surface area contributed by atoms with Crippen LogP contribution in [0.1, 0.15) is 24.8 Å². The van der Waals surface area contributed by atoms with Crippen LogP contribution in [0.25, 0.3) is 5.70 Å². The molecule has 2 fully saturated rings. The monoisotopic (exact) mass is 371 g/mol. The smallest absolute Gasteiger partial charge is 0.422 e. The fraction of sp³-hybridized carbons (Fsp3) is 0.556. The Bertz CT molecular complexity index is 694. The van der Waals surface area contributed by atoms with Crippen LogP contribution in [0.3, 0.4) is 0 Å². The Hall–Kier alpha value is -1.93. The van der Waals surface area contributed by atoms with Crippen LogP contribution >= 0.6 is 0 Å². The normalized spacial score (nSPS) is 25.3. The first-order valence-corrected chi connectivity index (χ1v) is 8.64. The van der Waals surface area contributed by atoms with Gasteiger partial charge in [0, 0.05) is 18.6 Å². The van der Waals surface area contributed by atoms with Crippen molar-refractivity contribution in [3.63, 3.8) is 0 Å². The lowest BCUT2D eigenvalue weighted by Gasteiger charge is -2.16. The van der Waals surface area contributed by atoms with Crippen LogP contribution in [-0.4, -0.2) is 38.2 Å². The molecule has 2 aliphatic heterocycles. The average molecular weight is 371 g/mol. The molecular weight excluding hydrogens is 351 g/mol. The van der Waals surface area contributed by atoms with Crippen molar-refractivity contribution in [2.75, 3.05) is 26.4 Å². The van der Waals surface area contributed by atoms with Gasteiger partial charge in [0.1, 0.15) is 5.60 Å². The summed E-state index contributed by atoms with van der Waals surface area (Å²) in [4.78, 5) is 5.65. The van der Waals surface area contributed by atoms with E-state index in [1.807, 2.05) is 6.08 Å². The van der Waals surface area contributed by atoms with E-state index in [1.54, 1.807) is 12.1 Å². The van der Waals surface area contributed by atoms with Crippen molar-refractivity contribution in [3.05, 3.63) is 29.8 Å². The van der Waals surface area contributed by atoms with Crippen LogP contribution in [-0.2, 0) is 9.57 Å². The molecular formula is C18H20F3NO4. The summed E-state index contributed by atoms with van der Waals surface area (Å²) in [5, 5.41) is 0. The van der Waals surface area contributed by atoms with Gasteiger partial charge in [-0.2, -0.15) is 13.2 Å². The predicted molar refractivity (Wildman–Crippen MR) is 86.6 cm³/mol. The number of benzene rings is 1. The van der Waals surface area contributed by atoms with Crippen LogP contribution in [0.4, 0.5) is 13.2 Å². The summed E-state index contributed by atoms with van der Waals surface area (Å²) in [7, 11) is 0. The van der Waals surface area contributed by atoms with Crippen molar-refractivity contribution in [1.29, 1.82) is 0 Å². The molecule has 1 atom stereocenters. The zero-order chi connectivity index (χ0) is 18.2. The van der Waals surface area contributed by atoms with Crippen molar-refractivity contribution < 1.29 is 32.2 Å². The first kappa shape index (κ1) is 17.5. The molecule has 0 aromatic heterocycles. The summed E-state index contributed by atoms with van der Waals surface area (Å²) >= 11 is 0. The van der Waals surface area contributed by atoms with Gasteiger partial charge in [-0.1, -0.05) is 0 Å². The van der Waals surface area contributed by atoms with Gasteiger partial charge >= 0.3 is 6.18 Å². The molecule has 8 heteroatoms. The molecule has 1 spiro atoms. The van der Waals surface area contributed by atoms with Crippen molar-refractivity contribution in [2.45, 2.75) is 31.0 Å². The van der Waals surface area contributed by atoms with E-state index in [0.717, 1.165) is 30.5 Å². The number of nitrogens with one attached hydrogen (secondary N) is 1. The SMILES string of the molecule is FC(F)(F)COc1ccc(C2=CC3(CCOC3)ON2)cc1OCC1CC1. The summed E-state index contributed by atoms with van der Waals surface area (Å²) in [6, 6.07) is 4.87. The second-order valence-corrected chi connectivity index (χ2v) is 6.95. The minimum absolute atomic E-state index is 0.0881. The zero-order valence-corrected chi connectivity index (χ0v) is 14.1. The van der Waals surface area contributed by atoms with Gasteiger partial charge in [0.05, 0.1) is 18.9 Å². The summed E-state index contributed by atoms with van der Waals surface area (Å²) < 4.78 is 53.5. The highest BCUT2D eigenvalue weighted by Crippen LogP contribution is 2.37. The van der Waals surface area contributed by atoms with Crippen LogP contribution in [0, 0.1) is 5.92 Å². The first-order chi connectivity index (χ1) is 12.4.